The van der Waals surface area contributed by atoms with Crippen molar-refractivity contribution in [2.24, 2.45) is 7.05 Å². The third-order valence-corrected chi connectivity index (χ3v) is 4.15. The van der Waals surface area contributed by atoms with E-state index in [9.17, 15) is 9.18 Å². The molecule has 0 saturated carbocycles. The van der Waals surface area contributed by atoms with Crippen molar-refractivity contribution in [1.82, 2.24) is 19.7 Å². The molecule has 0 spiro atoms. The molecule has 4 aromatic rings. The van der Waals surface area contributed by atoms with Gasteiger partial charge in [-0.2, -0.15) is 5.10 Å². The molecule has 0 unspecified atom stereocenters. The summed E-state index contributed by atoms with van der Waals surface area (Å²) in [5, 5.41) is 17.2. The Morgan fingerprint density at radius 2 is 1.93 bits per heavy atom. The smallest absolute Gasteiger partial charge is 0.335 e. The Kier molecular flexibility index (Phi) is 4.00. The zero-order valence-electron chi connectivity index (χ0n) is 14.2. The molecule has 7 nitrogen and oxygen atoms in total. The average Bonchev–Trinajstić information content (AvgIpc) is 3.04. The fourth-order valence-corrected chi connectivity index (χ4v) is 2.77. The molecule has 0 saturated heterocycles. The van der Waals surface area contributed by atoms with Crippen LogP contribution in [0.3, 0.4) is 0 Å². The minimum atomic E-state index is -1.04. The standard InChI is InChI=1S/C19H14FN5O2/c1-25-16-7-6-14(8-13(16)9-22-25)23-19-21-10-15(20)17(24-19)11-2-4-12(5-3-11)18(26)27/h2-10H,1H3,(H,26,27)(H,21,23,24). The van der Waals surface area contributed by atoms with Gasteiger partial charge in [0.2, 0.25) is 5.95 Å². The minimum absolute atomic E-state index is 0.0897. The zero-order chi connectivity index (χ0) is 19.0. The second-order valence-corrected chi connectivity index (χ2v) is 5.94. The Bertz CT molecular complexity index is 1150. The van der Waals surface area contributed by atoms with Gasteiger partial charge in [-0.3, -0.25) is 4.68 Å². The predicted molar refractivity (Wildman–Crippen MR) is 98.4 cm³/mol. The molecule has 4 rings (SSSR count). The first-order chi connectivity index (χ1) is 13.0. The highest BCUT2D eigenvalue weighted by Gasteiger charge is 2.11. The molecular formula is C19H14FN5O2. The molecule has 2 aromatic heterocycles. The summed E-state index contributed by atoms with van der Waals surface area (Å²) >= 11 is 0. The van der Waals surface area contributed by atoms with E-state index in [4.69, 9.17) is 5.11 Å². The first-order valence-corrected chi connectivity index (χ1v) is 8.06. The maximum Gasteiger partial charge on any atom is 0.335 e. The maximum atomic E-state index is 14.2. The maximum absolute atomic E-state index is 14.2. The second kappa shape index (κ2) is 6.49. The van der Waals surface area contributed by atoms with Gasteiger partial charge in [0.1, 0.15) is 5.69 Å². The molecule has 0 radical (unpaired) electrons. The third kappa shape index (κ3) is 3.20. The lowest BCUT2D eigenvalue weighted by molar-refractivity contribution is 0.0697. The lowest BCUT2D eigenvalue weighted by Crippen LogP contribution is -2.01. The number of fused-ring (bicyclic) bond motifs is 1. The van der Waals surface area contributed by atoms with E-state index in [0.717, 1.165) is 22.8 Å². The monoisotopic (exact) mass is 363 g/mol. The summed E-state index contributed by atoms with van der Waals surface area (Å²) in [7, 11) is 1.86. The van der Waals surface area contributed by atoms with Crippen molar-refractivity contribution in [3.63, 3.8) is 0 Å². The Hall–Kier alpha value is -3.81. The molecule has 2 aromatic carbocycles. The van der Waals surface area contributed by atoms with Crippen molar-refractivity contribution in [3.8, 4) is 11.3 Å². The normalized spacial score (nSPS) is 10.9. The quantitative estimate of drug-likeness (QED) is 0.575. The van der Waals surface area contributed by atoms with Crippen LogP contribution in [0.2, 0.25) is 0 Å². The molecule has 0 aliphatic rings. The number of aromatic carboxylic acids is 1. The van der Waals surface area contributed by atoms with Crippen molar-refractivity contribution in [2.45, 2.75) is 0 Å². The fourth-order valence-electron chi connectivity index (χ4n) is 2.77. The van der Waals surface area contributed by atoms with Crippen LogP contribution in [0.1, 0.15) is 10.4 Å². The van der Waals surface area contributed by atoms with E-state index in [1.165, 1.54) is 24.3 Å². The van der Waals surface area contributed by atoms with E-state index in [-0.39, 0.29) is 17.2 Å². The molecule has 2 heterocycles. The highest BCUT2D eigenvalue weighted by atomic mass is 19.1. The molecule has 27 heavy (non-hydrogen) atoms. The summed E-state index contributed by atoms with van der Waals surface area (Å²) in [4.78, 5) is 19.2. The molecule has 0 atom stereocenters. The van der Waals surface area contributed by atoms with Gasteiger partial charge < -0.3 is 10.4 Å². The number of nitrogens with one attached hydrogen (secondary N) is 1. The van der Waals surface area contributed by atoms with Crippen LogP contribution >= 0.6 is 0 Å². The van der Waals surface area contributed by atoms with Gasteiger partial charge in [0, 0.05) is 23.7 Å². The summed E-state index contributed by atoms with van der Waals surface area (Å²) < 4.78 is 16.0. The van der Waals surface area contributed by atoms with Crippen molar-refractivity contribution in [3.05, 3.63) is 66.2 Å². The van der Waals surface area contributed by atoms with Gasteiger partial charge in [-0.05, 0) is 30.3 Å². The van der Waals surface area contributed by atoms with E-state index < -0.39 is 11.8 Å². The Balaban J connectivity index is 1.65. The summed E-state index contributed by atoms with van der Waals surface area (Å²) in [6.07, 6.45) is 2.83. The molecule has 0 fully saturated rings. The van der Waals surface area contributed by atoms with Gasteiger partial charge in [0.25, 0.3) is 0 Å². The van der Waals surface area contributed by atoms with E-state index in [1.807, 2.05) is 25.2 Å². The molecule has 0 aliphatic heterocycles. The fraction of sp³-hybridized carbons (Fsp3) is 0.0526. The predicted octanol–water partition coefficient (Wildman–Crippen LogP) is 3.61. The molecule has 0 aliphatic carbocycles. The number of halogens is 1. The first kappa shape index (κ1) is 16.6. The zero-order valence-corrected chi connectivity index (χ0v) is 14.2. The number of hydrogen-bond donors (Lipinski definition) is 2. The number of carboxylic acid groups (broad SMARTS) is 1. The van der Waals surface area contributed by atoms with Gasteiger partial charge >= 0.3 is 5.97 Å². The number of aromatic nitrogens is 4. The molecular weight excluding hydrogens is 349 g/mol. The van der Waals surface area contributed by atoms with Crippen LogP contribution in [0.5, 0.6) is 0 Å². The van der Waals surface area contributed by atoms with Gasteiger partial charge in [-0.15, -0.1) is 0 Å². The third-order valence-electron chi connectivity index (χ3n) is 4.15. The van der Waals surface area contributed by atoms with Crippen molar-refractivity contribution >= 4 is 28.5 Å². The molecule has 2 N–H and O–H groups in total. The van der Waals surface area contributed by atoms with Gasteiger partial charge in [-0.1, -0.05) is 12.1 Å². The van der Waals surface area contributed by atoms with Crippen LogP contribution < -0.4 is 5.32 Å². The van der Waals surface area contributed by atoms with Gasteiger partial charge in [0.05, 0.1) is 23.5 Å². The van der Waals surface area contributed by atoms with Crippen molar-refractivity contribution < 1.29 is 14.3 Å². The van der Waals surface area contributed by atoms with Crippen LogP contribution in [0.25, 0.3) is 22.2 Å². The van der Waals surface area contributed by atoms with Crippen LogP contribution in [0.4, 0.5) is 16.0 Å². The largest absolute Gasteiger partial charge is 0.478 e. The molecule has 8 heteroatoms. The van der Waals surface area contributed by atoms with Crippen molar-refractivity contribution in [1.29, 1.82) is 0 Å². The van der Waals surface area contributed by atoms with Crippen LogP contribution in [0.15, 0.2) is 54.9 Å². The van der Waals surface area contributed by atoms with E-state index >= 15 is 0 Å². The van der Waals surface area contributed by atoms with E-state index in [1.54, 1.807) is 10.9 Å². The topological polar surface area (TPSA) is 92.9 Å². The van der Waals surface area contributed by atoms with Crippen LogP contribution in [-0.4, -0.2) is 30.8 Å². The number of benzene rings is 2. The minimum Gasteiger partial charge on any atom is -0.478 e. The van der Waals surface area contributed by atoms with Crippen molar-refractivity contribution in [2.75, 3.05) is 5.32 Å². The number of hydrogen-bond acceptors (Lipinski definition) is 5. The highest BCUT2D eigenvalue weighted by molar-refractivity contribution is 5.88. The number of carbonyl (C=O) groups is 1. The highest BCUT2D eigenvalue weighted by Crippen LogP contribution is 2.24. The van der Waals surface area contributed by atoms with Gasteiger partial charge in [0.15, 0.2) is 5.82 Å². The summed E-state index contributed by atoms with van der Waals surface area (Å²) in [5.41, 5.74) is 2.41. The summed E-state index contributed by atoms with van der Waals surface area (Å²) in [6.45, 7) is 0. The van der Waals surface area contributed by atoms with E-state index in [2.05, 4.69) is 20.4 Å². The number of aryl methyl sites for hydroxylation is 1. The first-order valence-electron chi connectivity index (χ1n) is 8.06. The summed E-state index contributed by atoms with van der Waals surface area (Å²) in [5.74, 6) is -1.40. The van der Waals surface area contributed by atoms with Crippen LogP contribution in [0, 0.1) is 5.82 Å². The van der Waals surface area contributed by atoms with Gasteiger partial charge in [-0.25, -0.2) is 19.2 Å². The lowest BCUT2D eigenvalue weighted by atomic mass is 10.1. The SMILES string of the molecule is Cn1ncc2cc(Nc3ncc(F)c(-c4ccc(C(=O)O)cc4)n3)ccc21. The molecule has 0 bridgehead atoms. The average molecular weight is 363 g/mol. The number of carboxylic acids is 1. The number of nitrogens with zero attached hydrogens (tertiary/aromatic N) is 4. The second-order valence-electron chi connectivity index (χ2n) is 5.94. The molecule has 134 valence electrons. The Morgan fingerprint density at radius 3 is 2.67 bits per heavy atom. The number of anilines is 2. The Morgan fingerprint density at radius 1 is 1.15 bits per heavy atom. The van der Waals surface area contributed by atoms with Crippen LogP contribution in [-0.2, 0) is 7.05 Å². The molecule has 0 amide bonds. The number of rotatable bonds is 4. The summed E-state index contributed by atoms with van der Waals surface area (Å²) in [6, 6.07) is 11.5. The lowest BCUT2D eigenvalue weighted by Gasteiger charge is -2.08. The Labute approximate surface area is 153 Å². The van der Waals surface area contributed by atoms with E-state index in [0.29, 0.717) is 5.56 Å².